The van der Waals surface area contributed by atoms with Gasteiger partial charge in [0.15, 0.2) is 11.6 Å². The third-order valence-corrected chi connectivity index (χ3v) is 7.09. The van der Waals surface area contributed by atoms with E-state index in [1.165, 1.54) is 32.0 Å². The summed E-state index contributed by atoms with van der Waals surface area (Å²) in [6, 6.07) is 3.48. The summed E-state index contributed by atoms with van der Waals surface area (Å²) in [4.78, 5) is 27.3. The van der Waals surface area contributed by atoms with Crippen molar-refractivity contribution in [2.75, 3.05) is 59.5 Å². The zero-order valence-electron chi connectivity index (χ0n) is 22.1. The summed E-state index contributed by atoms with van der Waals surface area (Å²) in [7, 11) is 2.17. The van der Waals surface area contributed by atoms with E-state index >= 15 is 0 Å². The van der Waals surface area contributed by atoms with Crippen molar-refractivity contribution in [2.24, 2.45) is 15.9 Å². The Kier molecular flexibility index (Phi) is 10.2. The molecule has 1 atom stereocenters. The fourth-order valence-corrected chi connectivity index (χ4v) is 4.57. The molecule has 3 heterocycles. The number of aldehydes is 1. The fraction of sp³-hybridized carbons (Fsp3) is 0.667. The molecule has 0 bridgehead atoms. The van der Waals surface area contributed by atoms with Gasteiger partial charge in [-0.25, -0.2) is 9.38 Å². The summed E-state index contributed by atoms with van der Waals surface area (Å²) in [5.74, 6) is 2.18. The van der Waals surface area contributed by atoms with Crippen molar-refractivity contribution in [3.8, 4) is 5.75 Å². The number of nitrogens with zero attached hydrogens (tertiary/aromatic N) is 5. The second kappa shape index (κ2) is 13.1. The van der Waals surface area contributed by atoms with Gasteiger partial charge < -0.3 is 14.5 Å². The summed E-state index contributed by atoms with van der Waals surface area (Å²) < 4.78 is 19.9. The number of hydrogen-bond donors (Lipinski definition) is 0. The van der Waals surface area contributed by atoms with Crippen LogP contribution in [0.15, 0.2) is 22.1 Å². The summed E-state index contributed by atoms with van der Waals surface area (Å²) in [5.41, 5.74) is 0.694. The molecule has 8 heteroatoms. The third-order valence-electron chi connectivity index (χ3n) is 7.09. The second-order valence-corrected chi connectivity index (χ2v) is 10.1. The van der Waals surface area contributed by atoms with Crippen LogP contribution in [0.3, 0.4) is 0 Å². The van der Waals surface area contributed by atoms with E-state index in [1.54, 1.807) is 13.0 Å². The number of aliphatic imine (C=N–C) groups is 2. The van der Waals surface area contributed by atoms with E-state index in [-0.39, 0.29) is 5.75 Å². The first-order valence-corrected chi connectivity index (χ1v) is 13.0. The Balaban J connectivity index is 0.000000497. The lowest BCUT2D eigenvalue weighted by atomic mass is 10.1. The molecule has 1 unspecified atom stereocenters. The summed E-state index contributed by atoms with van der Waals surface area (Å²) in [5, 5.41) is 0. The molecule has 0 aromatic heterocycles. The number of carbonyl (C=O) groups is 1. The van der Waals surface area contributed by atoms with Gasteiger partial charge in [-0.2, -0.15) is 0 Å². The smallest absolute Gasteiger partial charge is 0.168 e. The van der Waals surface area contributed by atoms with E-state index in [1.807, 2.05) is 0 Å². The topological polar surface area (TPSA) is 60.7 Å². The number of hydrogen-bond acceptors (Lipinski definition) is 7. The van der Waals surface area contributed by atoms with Crippen LogP contribution in [-0.4, -0.2) is 98.2 Å². The van der Waals surface area contributed by atoms with Gasteiger partial charge in [0.1, 0.15) is 18.0 Å². The molecule has 2 saturated heterocycles. The Bertz CT molecular complexity index is 903. The number of halogens is 1. The summed E-state index contributed by atoms with van der Waals surface area (Å²) in [6.07, 6.45) is 4.30. The Morgan fingerprint density at radius 2 is 1.77 bits per heavy atom. The Hall–Kier alpha value is -2.32. The van der Waals surface area contributed by atoms with Gasteiger partial charge in [-0.15, -0.1) is 0 Å². The molecule has 0 radical (unpaired) electrons. The molecule has 0 N–H and O–H groups in total. The zero-order chi connectivity index (χ0) is 25.4. The van der Waals surface area contributed by atoms with Gasteiger partial charge in [-0.1, -0.05) is 13.8 Å². The minimum Gasteiger partial charge on any atom is -0.490 e. The highest BCUT2D eigenvalue weighted by atomic mass is 19.1. The van der Waals surface area contributed by atoms with E-state index < -0.39 is 5.82 Å². The molecule has 2 fully saturated rings. The van der Waals surface area contributed by atoms with E-state index in [0.717, 1.165) is 44.3 Å². The zero-order valence-corrected chi connectivity index (χ0v) is 22.1. The lowest BCUT2D eigenvalue weighted by molar-refractivity contribution is 0.112. The maximum atomic E-state index is 14.3. The molecule has 0 spiro atoms. The fourth-order valence-electron chi connectivity index (χ4n) is 4.57. The second-order valence-electron chi connectivity index (χ2n) is 10.1. The number of ether oxygens (including phenoxy) is 1. The monoisotopic (exact) mass is 487 g/mol. The van der Waals surface area contributed by atoms with Gasteiger partial charge in [0.05, 0.1) is 13.2 Å². The molecule has 7 nitrogen and oxygen atoms in total. The average Bonchev–Trinajstić information content (AvgIpc) is 3.54. The number of benzene rings is 1. The van der Waals surface area contributed by atoms with Crippen LogP contribution in [-0.2, 0) is 0 Å². The maximum absolute atomic E-state index is 14.3. The number of carbonyl (C=O) groups excluding carboxylic acids is 1. The molecule has 194 valence electrons. The predicted molar refractivity (Wildman–Crippen MR) is 141 cm³/mol. The maximum Gasteiger partial charge on any atom is 0.168 e. The van der Waals surface area contributed by atoms with Crippen molar-refractivity contribution in [2.45, 2.75) is 53.0 Å². The lowest BCUT2D eigenvalue weighted by Crippen LogP contribution is -2.51. The molecule has 3 aliphatic rings. The van der Waals surface area contributed by atoms with Gasteiger partial charge in [0.2, 0.25) is 0 Å². The molecule has 35 heavy (non-hydrogen) atoms. The Labute approximate surface area is 210 Å². The van der Waals surface area contributed by atoms with Crippen molar-refractivity contribution >= 4 is 18.0 Å². The number of piperazine rings is 1. The molecule has 4 rings (SSSR count). The lowest BCUT2D eigenvalue weighted by Gasteiger charge is -2.38. The first kappa shape index (κ1) is 27.3. The van der Waals surface area contributed by atoms with Crippen molar-refractivity contribution in [1.29, 1.82) is 0 Å². The molecule has 3 aliphatic heterocycles. The van der Waals surface area contributed by atoms with Crippen LogP contribution < -0.4 is 4.74 Å². The first-order valence-electron chi connectivity index (χ1n) is 13.0. The van der Waals surface area contributed by atoms with Crippen LogP contribution in [0, 0.1) is 18.7 Å². The third kappa shape index (κ3) is 7.58. The van der Waals surface area contributed by atoms with Crippen LogP contribution in [0.4, 0.5) is 4.39 Å². The standard InChI is InChI=1S/C22H31FN4O2.C5H11N/c1-15(2)22-24-13-20(25-22)27-10-8-26(9-11-27)16(3)7-12-29-19-6-5-18(14-28)17(4)21(19)23;1-6-4-2-3-5-6/h5-6,14-16H,7-13H2,1-4H3;2-5H2,1H3. The highest BCUT2D eigenvalue weighted by molar-refractivity contribution is 6.03. The van der Waals surface area contributed by atoms with Crippen molar-refractivity contribution in [3.63, 3.8) is 0 Å². The SMILES string of the molecule is CN1CCCC1.Cc1c(C=O)ccc(OCCC(C)N2CCN(C3=NC(C(C)C)=NC3)CC2)c1F. The van der Waals surface area contributed by atoms with E-state index in [9.17, 15) is 9.18 Å². The predicted octanol–water partition coefficient (Wildman–Crippen LogP) is 3.90. The van der Waals surface area contributed by atoms with Crippen molar-refractivity contribution < 1.29 is 13.9 Å². The van der Waals surface area contributed by atoms with Crippen LogP contribution in [0.5, 0.6) is 5.75 Å². The molecule has 1 aromatic rings. The van der Waals surface area contributed by atoms with Crippen molar-refractivity contribution in [3.05, 3.63) is 29.1 Å². The van der Waals surface area contributed by atoms with Gasteiger partial charge in [-0.05, 0) is 70.9 Å². The summed E-state index contributed by atoms with van der Waals surface area (Å²) >= 11 is 0. The van der Waals surface area contributed by atoms with Gasteiger partial charge in [0, 0.05) is 43.7 Å². The average molecular weight is 488 g/mol. The number of likely N-dealkylation sites (tertiary alicyclic amines) is 1. The Morgan fingerprint density at radius 3 is 2.31 bits per heavy atom. The Morgan fingerprint density at radius 1 is 1.09 bits per heavy atom. The molecule has 0 amide bonds. The highest BCUT2D eigenvalue weighted by Gasteiger charge is 2.25. The molecule has 1 aromatic carbocycles. The van der Waals surface area contributed by atoms with E-state index in [0.29, 0.717) is 42.5 Å². The van der Waals surface area contributed by atoms with E-state index in [4.69, 9.17) is 4.74 Å². The largest absolute Gasteiger partial charge is 0.490 e. The van der Waals surface area contributed by atoms with Gasteiger partial charge >= 0.3 is 0 Å². The molecule has 0 aliphatic carbocycles. The van der Waals surface area contributed by atoms with Crippen LogP contribution >= 0.6 is 0 Å². The number of amidine groups is 2. The normalized spacial score (nSPS) is 19.8. The van der Waals surface area contributed by atoms with Gasteiger partial charge in [-0.3, -0.25) is 14.7 Å². The van der Waals surface area contributed by atoms with Crippen molar-refractivity contribution in [1.82, 2.24) is 14.7 Å². The minimum atomic E-state index is -0.448. The molecule has 0 saturated carbocycles. The molecular weight excluding hydrogens is 445 g/mol. The van der Waals surface area contributed by atoms with Crippen LogP contribution in [0.1, 0.15) is 56.0 Å². The number of rotatable bonds is 7. The van der Waals surface area contributed by atoms with E-state index in [2.05, 4.69) is 52.5 Å². The minimum absolute atomic E-state index is 0.213. The first-order chi connectivity index (χ1) is 16.8. The quantitative estimate of drug-likeness (QED) is 0.546. The summed E-state index contributed by atoms with van der Waals surface area (Å²) in [6.45, 7) is 15.6. The van der Waals surface area contributed by atoms with Crippen LogP contribution in [0.2, 0.25) is 0 Å². The van der Waals surface area contributed by atoms with Crippen LogP contribution in [0.25, 0.3) is 0 Å². The highest BCUT2D eigenvalue weighted by Crippen LogP contribution is 2.23. The molecular formula is C27H42FN5O2. The van der Waals surface area contributed by atoms with Gasteiger partial charge in [0.25, 0.3) is 0 Å².